The molecule has 0 saturated heterocycles. The largest absolute Gasteiger partial charge is 0.206 e. The number of hydrogen-bond donors (Lipinski definition) is 0. The summed E-state index contributed by atoms with van der Waals surface area (Å²) in [5.41, 5.74) is 4.08. The number of rotatable bonds is 2. The van der Waals surface area contributed by atoms with Crippen molar-refractivity contribution in [3.05, 3.63) is 59.4 Å². The smallest absolute Gasteiger partial charge is 0.131 e. The van der Waals surface area contributed by atoms with Gasteiger partial charge in [-0.2, -0.15) is 0 Å². The lowest BCUT2D eigenvalue weighted by atomic mass is 9.93. The highest BCUT2D eigenvalue weighted by Gasteiger charge is 2.10. The topological polar surface area (TPSA) is 0 Å². The Morgan fingerprint density at radius 1 is 1.00 bits per heavy atom. The molecule has 0 atom stereocenters. The second-order valence-corrected chi connectivity index (χ2v) is 3.94. The van der Waals surface area contributed by atoms with E-state index in [9.17, 15) is 4.39 Å². The van der Waals surface area contributed by atoms with Gasteiger partial charge in [-0.25, -0.2) is 4.39 Å². The van der Waals surface area contributed by atoms with Crippen LogP contribution >= 0.6 is 0 Å². The summed E-state index contributed by atoms with van der Waals surface area (Å²) in [4.78, 5) is 0. The zero-order valence-corrected chi connectivity index (χ0v) is 9.63. The van der Waals surface area contributed by atoms with Crippen LogP contribution in [0.15, 0.2) is 42.5 Å². The SMILES string of the molecule is CCc1cccc(C)c1-c1ccccc1F. The van der Waals surface area contributed by atoms with E-state index in [1.54, 1.807) is 6.07 Å². The molecule has 16 heavy (non-hydrogen) atoms. The molecule has 0 spiro atoms. The van der Waals surface area contributed by atoms with E-state index >= 15 is 0 Å². The summed E-state index contributed by atoms with van der Waals surface area (Å²) < 4.78 is 13.8. The fourth-order valence-electron chi connectivity index (χ4n) is 2.07. The second kappa shape index (κ2) is 4.48. The minimum Gasteiger partial charge on any atom is -0.206 e. The number of benzene rings is 2. The average Bonchev–Trinajstić information content (AvgIpc) is 2.30. The third-order valence-electron chi connectivity index (χ3n) is 2.88. The van der Waals surface area contributed by atoms with Gasteiger partial charge in [-0.05, 0) is 36.1 Å². The lowest BCUT2D eigenvalue weighted by Gasteiger charge is -2.12. The summed E-state index contributed by atoms with van der Waals surface area (Å²) in [6.45, 7) is 4.13. The van der Waals surface area contributed by atoms with Crippen LogP contribution in [0, 0.1) is 12.7 Å². The van der Waals surface area contributed by atoms with E-state index in [-0.39, 0.29) is 5.82 Å². The lowest BCUT2D eigenvalue weighted by molar-refractivity contribution is 0.631. The molecule has 2 aromatic carbocycles. The third-order valence-corrected chi connectivity index (χ3v) is 2.88. The summed E-state index contributed by atoms with van der Waals surface area (Å²) in [6.07, 6.45) is 0.922. The molecule has 0 bridgehead atoms. The van der Waals surface area contributed by atoms with Crippen LogP contribution in [-0.4, -0.2) is 0 Å². The molecule has 0 amide bonds. The number of halogens is 1. The Balaban J connectivity index is 2.68. The highest BCUT2D eigenvalue weighted by molar-refractivity contribution is 5.71. The Kier molecular flexibility index (Phi) is 3.04. The summed E-state index contributed by atoms with van der Waals surface area (Å²) in [5, 5.41) is 0. The molecular formula is C15H15F. The molecule has 0 aromatic heterocycles. The first-order valence-electron chi connectivity index (χ1n) is 5.57. The molecule has 0 unspecified atom stereocenters. The fraction of sp³-hybridized carbons (Fsp3) is 0.200. The molecule has 0 aliphatic carbocycles. The summed E-state index contributed by atoms with van der Waals surface area (Å²) >= 11 is 0. The normalized spacial score (nSPS) is 10.4. The molecule has 82 valence electrons. The number of aryl methyl sites for hydroxylation is 2. The van der Waals surface area contributed by atoms with Crippen LogP contribution in [0.2, 0.25) is 0 Å². The van der Waals surface area contributed by atoms with Gasteiger partial charge in [-0.1, -0.05) is 43.3 Å². The van der Waals surface area contributed by atoms with Crippen LogP contribution in [0.5, 0.6) is 0 Å². The maximum atomic E-state index is 13.8. The van der Waals surface area contributed by atoms with E-state index in [4.69, 9.17) is 0 Å². The third kappa shape index (κ3) is 1.85. The van der Waals surface area contributed by atoms with E-state index in [2.05, 4.69) is 13.0 Å². The zero-order valence-electron chi connectivity index (χ0n) is 9.63. The minimum atomic E-state index is -0.147. The van der Waals surface area contributed by atoms with Crippen LogP contribution in [0.25, 0.3) is 11.1 Å². The van der Waals surface area contributed by atoms with E-state index in [0.29, 0.717) is 5.56 Å². The highest BCUT2D eigenvalue weighted by Crippen LogP contribution is 2.29. The molecule has 2 aromatic rings. The van der Waals surface area contributed by atoms with Crippen molar-refractivity contribution < 1.29 is 4.39 Å². The Bertz CT molecular complexity index is 501. The van der Waals surface area contributed by atoms with Gasteiger partial charge in [0.05, 0.1) is 0 Å². The van der Waals surface area contributed by atoms with Gasteiger partial charge in [0.1, 0.15) is 5.82 Å². The van der Waals surface area contributed by atoms with Gasteiger partial charge in [-0.3, -0.25) is 0 Å². The molecule has 2 rings (SSSR count). The van der Waals surface area contributed by atoms with E-state index in [0.717, 1.165) is 17.5 Å². The van der Waals surface area contributed by atoms with Gasteiger partial charge < -0.3 is 0 Å². The van der Waals surface area contributed by atoms with Crippen molar-refractivity contribution in [1.29, 1.82) is 0 Å². The van der Waals surface area contributed by atoms with Crippen molar-refractivity contribution >= 4 is 0 Å². The molecule has 0 radical (unpaired) electrons. The molecule has 0 nitrogen and oxygen atoms in total. The van der Waals surface area contributed by atoms with Crippen molar-refractivity contribution in [2.45, 2.75) is 20.3 Å². The van der Waals surface area contributed by atoms with Crippen molar-refractivity contribution in [3.63, 3.8) is 0 Å². The van der Waals surface area contributed by atoms with Crippen LogP contribution in [0.3, 0.4) is 0 Å². The van der Waals surface area contributed by atoms with Gasteiger partial charge in [0.25, 0.3) is 0 Å². The molecule has 0 aliphatic rings. The molecule has 0 fully saturated rings. The monoisotopic (exact) mass is 214 g/mol. The first-order chi connectivity index (χ1) is 7.74. The zero-order chi connectivity index (χ0) is 11.5. The van der Waals surface area contributed by atoms with E-state index < -0.39 is 0 Å². The van der Waals surface area contributed by atoms with Crippen LogP contribution in [-0.2, 0) is 6.42 Å². The Labute approximate surface area is 95.7 Å². The van der Waals surface area contributed by atoms with Crippen molar-refractivity contribution in [3.8, 4) is 11.1 Å². The van der Waals surface area contributed by atoms with Gasteiger partial charge in [0.15, 0.2) is 0 Å². The first kappa shape index (κ1) is 10.9. The molecule has 0 heterocycles. The van der Waals surface area contributed by atoms with Crippen molar-refractivity contribution in [2.24, 2.45) is 0 Å². The molecule has 0 aliphatic heterocycles. The van der Waals surface area contributed by atoms with Crippen molar-refractivity contribution in [1.82, 2.24) is 0 Å². The fourth-order valence-corrected chi connectivity index (χ4v) is 2.07. The summed E-state index contributed by atoms with van der Waals surface area (Å²) in [7, 11) is 0. The lowest BCUT2D eigenvalue weighted by Crippen LogP contribution is -1.93. The van der Waals surface area contributed by atoms with Gasteiger partial charge in [-0.15, -0.1) is 0 Å². The maximum absolute atomic E-state index is 13.8. The Morgan fingerprint density at radius 2 is 1.75 bits per heavy atom. The predicted molar refractivity (Wildman–Crippen MR) is 66.0 cm³/mol. The molecule has 0 N–H and O–H groups in total. The van der Waals surface area contributed by atoms with Crippen LogP contribution < -0.4 is 0 Å². The quantitative estimate of drug-likeness (QED) is 0.696. The first-order valence-corrected chi connectivity index (χ1v) is 5.57. The molecular weight excluding hydrogens is 199 g/mol. The van der Waals surface area contributed by atoms with Crippen molar-refractivity contribution in [2.75, 3.05) is 0 Å². The summed E-state index contributed by atoms with van der Waals surface area (Å²) in [5.74, 6) is -0.147. The Hall–Kier alpha value is -1.63. The van der Waals surface area contributed by atoms with Gasteiger partial charge in [0.2, 0.25) is 0 Å². The van der Waals surface area contributed by atoms with E-state index in [1.165, 1.54) is 11.6 Å². The Morgan fingerprint density at radius 3 is 2.44 bits per heavy atom. The predicted octanol–water partition coefficient (Wildman–Crippen LogP) is 4.36. The summed E-state index contributed by atoms with van der Waals surface area (Å²) in [6, 6.07) is 13.1. The average molecular weight is 214 g/mol. The van der Waals surface area contributed by atoms with E-state index in [1.807, 2.05) is 31.2 Å². The highest BCUT2D eigenvalue weighted by atomic mass is 19.1. The molecule has 0 saturated carbocycles. The van der Waals surface area contributed by atoms with Gasteiger partial charge >= 0.3 is 0 Å². The number of hydrogen-bond acceptors (Lipinski definition) is 0. The van der Waals surface area contributed by atoms with Crippen LogP contribution in [0.1, 0.15) is 18.1 Å². The minimum absolute atomic E-state index is 0.147. The maximum Gasteiger partial charge on any atom is 0.131 e. The molecule has 1 heteroatoms. The van der Waals surface area contributed by atoms with Crippen LogP contribution in [0.4, 0.5) is 4.39 Å². The standard InChI is InChI=1S/C15H15F/c1-3-12-8-6-7-11(2)15(12)13-9-4-5-10-14(13)16/h4-10H,3H2,1-2H3. The van der Waals surface area contributed by atoms with Gasteiger partial charge in [0, 0.05) is 5.56 Å². The second-order valence-electron chi connectivity index (χ2n) is 3.94.